The summed E-state index contributed by atoms with van der Waals surface area (Å²) < 4.78 is 5.48. The molecule has 88 valence electrons. The van der Waals surface area contributed by atoms with Gasteiger partial charge in [-0.2, -0.15) is 0 Å². The molecule has 0 aromatic carbocycles. The standard InChI is InChI=1S/C13H24O2/c1-12(2,3)13(8-15-9-13)10-4-6-11(14)7-5-10/h10-11,14H,4-9H2,1-3H3. The number of ether oxygens (including phenoxy) is 1. The highest BCUT2D eigenvalue weighted by Gasteiger charge is 2.53. The normalized spacial score (nSPS) is 36.0. The monoisotopic (exact) mass is 212 g/mol. The fourth-order valence-electron chi connectivity index (χ4n) is 3.23. The summed E-state index contributed by atoms with van der Waals surface area (Å²) in [6, 6.07) is 0. The Morgan fingerprint density at radius 2 is 1.60 bits per heavy atom. The fourth-order valence-corrected chi connectivity index (χ4v) is 3.23. The molecule has 2 heteroatoms. The van der Waals surface area contributed by atoms with Crippen LogP contribution in [0, 0.1) is 16.7 Å². The number of aliphatic hydroxyl groups is 1. The minimum Gasteiger partial charge on any atom is -0.393 e. The first kappa shape index (κ1) is 11.4. The highest BCUT2D eigenvalue weighted by atomic mass is 16.5. The third kappa shape index (κ3) is 1.83. The van der Waals surface area contributed by atoms with Gasteiger partial charge in [0.2, 0.25) is 0 Å². The molecule has 2 nitrogen and oxygen atoms in total. The van der Waals surface area contributed by atoms with Crippen LogP contribution in [0.2, 0.25) is 0 Å². The summed E-state index contributed by atoms with van der Waals surface area (Å²) in [4.78, 5) is 0. The Kier molecular flexibility index (Phi) is 2.85. The Morgan fingerprint density at radius 1 is 1.07 bits per heavy atom. The van der Waals surface area contributed by atoms with E-state index in [0.717, 1.165) is 32.0 Å². The van der Waals surface area contributed by atoms with E-state index >= 15 is 0 Å². The van der Waals surface area contributed by atoms with Crippen LogP contribution in [-0.4, -0.2) is 24.4 Å². The highest BCUT2D eigenvalue weighted by molar-refractivity contribution is 5.01. The molecule has 0 bridgehead atoms. The van der Waals surface area contributed by atoms with Crippen LogP contribution in [0.15, 0.2) is 0 Å². The maximum atomic E-state index is 9.55. The predicted octanol–water partition coefficient (Wildman–Crippen LogP) is 2.60. The molecule has 0 spiro atoms. The zero-order valence-electron chi connectivity index (χ0n) is 10.3. The van der Waals surface area contributed by atoms with Gasteiger partial charge in [0.25, 0.3) is 0 Å². The Hall–Kier alpha value is -0.0800. The SMILES string of the molecule is CC(C)(C)C1(C2CCC(O)CC2)COC1. The maximum Gasteiger partial charge on any atom is 0.0552 e. The lowest BCUT2D eigenvalue weighted by molar-refractivity contribution is -0.210. The van der Waals surface area contributed by atoms with Crippen molar-refractivity contribution in [3.05, 3.63) is 0 Å². The number of rotatable bonds is 1. The van der Waals surface area contributed by atoms with E-state index < -0.39 is 0 Å². The van der Waals surface area contributed by atoms with Crippen molar-refractivity contribution in [1.82, 2.24) is 0 Å². The molecule has 1 heterocycles. The zero-order valence-corrected chi connectivity index (χ0v) is 10.3. The molecule has 1 saturated heterocycles. The van der Waals surface area contributed by atoms with Crippen LogP contribution in [0.25, 0.3) is 0 Å². The van der Waals surface area contributed by atoms with Crippen molar-refractivity contribution in [3.63, 3.8) is 0 Å². The first-order valence-corrected chi connectivity index (χ1v) is 6.21. The molecule has 0 radical (unpaired) electrons. The van der Waals surface area contributed by atoms with Crippen LogP contribution in [-0.2, 0) is 4.74 Å². The average molecular weight is 212 g/mol. The van der Waals surface area contributed by atoms with Gasteiger partial charge in [0.05, 0.1) is 19.3 Å². The van der Waals surface area contributed by atoms with Crippen molar-refractivity contribution < 1.29 is 9.84 Å². The molecule has 0 unspecified atom stereocenters. The number of hydrogen-bond donors (Lipinski definition) is 1. The summed E-state index contributed by atoms with van der Waals surface area (Å²) in [5.41, 5.74) is 0.714. The first-order chi connectivity index (χ1) is 6.96. The van der Waals surface area contributed by atoms with E-state index in [1.807, 2.05) is 0 Å². The van der Waals surface area contributed by atoms with E-state index in [1.165, 1.54) is 12.8 Å². The molecule has 2 rings (SSSR count). The Bertz CT molecular complexity index is 217. The van der Waals surface area contributed by atoms with Crippen molar-refractivity contribution in [2.45, 2.75) is 52.6 Å². The van der Waals surface area contributed by atoms with Crippen molar-refractivity contribution in [2.24, 2.45) is 16.7 Å². The van der Waals surface area contributed by atoms with Crippen LogP contribution >= 0.6 is 0 Å². The van der Waals surface area contributed by atoms with Gasteiger partial charge < -0.3 is 9.84 Å². The Morgan fingerprint density at radius 3 is 1.93 bits per heavy atom. The molecule has 1 aliphatic carbocycles. The second-order valence-electron chi connectivity index (χ2n) is 6.40. The summed E-state index contributed by atoms with van der Waals surface area (Å²) >= 11 is 0. The van der Waals surface area contributed by atoms with Crippen LogP contribution < -0.4 is 0 Å². The van der Waals surface area contributed by atoms with Crippen LogP contribution in [0.5, 0.6) is 0 Å². The summed E-state index contributed by atoms with van der Waals surface area (Å²) in [6.07, 6.45) is 4.30. The fraction of sp³-hybridized carbons (Fsp3) is 1.00. The number of aliphatic hydroxyl groups excluding tert-OH is 1. The lowest BCUT2D eigenvalue weighted by Crippen LogP contribution is -2.57. The smallest absolute Gasteiger partial charge is 0.0552 e. The average Bonchev–Trinajstić information content (AvgIpc) is 2.03. The van der Waals surface area contributed by atoms with Crippen molar-refractivity contribution in [1.29, 1.82) is 0 Å². The molecule has 0 aromatic heterocycles. The van der Waals surface area contributed by atoms with Gasteiger partial charge in [0, 0.05) is 5.41 Å². The predicted molar refractivity (Wildman–Crippen MR) is 60.7 cm³/mol. The number of hydrogen-bond acceptors (Lipinski definition) is 2. The summed E-state index contributed by atoms with van der Waals surface area (Å²) in [5.74, 6) is 0.759. The summed E-state index contributed by atoms with van der Waals surface area (Å²) in [5, 5.41) is 9.55. The minimum absolute atomic E-state index is 0.0423. The van der Waals surface area contributed by atoms with Gasteiger partial charge in [-0.05, 0) is 37.0 Å². The Labute approximate surface area is 93.0 Å². The third-order valence-corrected chi connectivity index (χ3v) is 4.69. The highest BCUT2D eigenvalue weighted by Crippen LogP contribution is 2.54. The zero-order chi connectivity index (χ0) is 11.1. The second kappa shape index (κ2) is 3.74. The van der Waals surface area contributed by atoms with Gasteiger partial charge in [0.1, 0.15) is 0 Å². The first-order valence-electron chi connectivity index (χ1n) is 6.21. The van der Waals surface area contributed by atoms with E-state index in [2.05, 4.69) is 20.8 Å². The van der Waals surface area contributed by atoms with Crippen molar-refractivity contribution >= 4 is 0 Å². The molecule has 0 amide bonds. The molecule has 1 aliphatic heterocycles. The van der Waals surface area contributed by atoms with E-state index in [-0.39, 0.29) is 6.10 Å². The van der Waals surface area contributed by atoms with Gasteiger partial charge in [-0.1, -0.05) is 20.8 Å². The lowest BCUT2D eigenvalue weighted by atomic mass is 9.55. The molecule has 0 atom stereocenters. The lowest BCUT2D eigenvalue weighted by Gasteiger charge is -2.56. The molecular formula is C13H24O2. The molecule has 0 aromatic rings. The van der Waals surface area contributed by atoms with Crippen molar-refractivity contribution in [3.8, 4) is 0 Å². The van der Waals surface area contributed by atoms with Crippen LogP contribution in [0.3, 0.4) is 0 Å². The molecule has 15 heavy (non-hydrogen) atoms. The van der Waals surface area contributed by atoms with E-state index in [4.69, 9.17) is 4.74 Å². The summed E-state index contributed by atoms with van der Waals surface area (Å²) in [6.45, 7) is 8.86. The van der Waals surface area contributed by atoms with E-state index in [1.54, 1.807) is 0 Å². The minimum atomic E-state index is -0.0423. The summed E-state index contributed by atoms with van der Waals surface area (Å²) in [7, 11) is 0. The van der Waals surface area contributed by atoms with E-state index in [9.17, 15) is 5.11 Å². The van der Waals surface area contributed by atoms with Crippen LogP contribution in [0.1, 0.15) is 46.5 Å². The molecule has 2 aliphatic rings. The largest absolute Gasteiger partial charge is 0.393 e. The van der Waals surface area contributed by atoms with Crippen LogP contribution in [0.4, 0.5) is 0 Å². The van der Waals surface area contributed by atoms with Crippen molar-refractivity contribution in [2.75, 3.05) is 13.2 Å². The molecule has 1 saturated carbocycles. The molecule has 2 fully saturated rings. The van der Waals surface area contributed by atoms with E-state index in [0.29, 0.717) is 10.8 Å². The Balaban J connectivity index is 2.07. The maximum absolute atomic E-state index is 9.55. The van der Waals surface area contributed by atoms with Gasteiger partial charge >= 0.3 is 0 Å². The second-order valence-corrected chi connectivity index (χ2v) is 6.40. The van der Waals surface area contributed by atoms with Gasteiger partial charge in [-0.25, -0.2) is 0 Å². The topological polar surface area (TPSA) is 29.5 Å². The molecule has 1 N–H and O–H groups in total. The third-order valence-electron chi connectivity index (χ3n) is 4.69. The molecular weight excluding hydrogens is 188 g/mol. The quantitative estimate of drug-likeness (QED) is 0.724. The van der Waals surface area contributed by atoms with Gasteiger partial charge in [-0.3, -0.25) is 0 Å². The van der Waals surface area contributed by atoms with Gasteiger partial charge in [0.15, 0.2) is 0 Å². The van der Waals surface area contributed by atoms with Gasteiger partial charge in [-0.15, -0.1) is 0 Å².